The van der Waals surface area contributed by atoms with Gasteiger partial charge in [-0.2, -0.15) is 15.3 Å². The molecule has 3 saturated heterocycles. The lowest BCUT2D eigenvalue weighted by Crippen LogP contribution is -2.36. The highest BCUT2D eigenvalue weighted by Gasteiger charge is 2.37. The standard InChI is InChI=1S/C84H90F6N21O13P/c1-116-67-37-55-64(91-46-94-82(55)100-73-31-49(103-106-73)34-76(112)97-61-19-4-16-58(85)79(61)88)40-70(67)119-28-10-25-109-22-7-13-52(109)43-122-125(115,123-44-53-14-8-23-110(53)26-11-29-120-71-41-65-56(38-68(71)117-2)83(95-47-92-65)101-74-32-50(104-107-74)35-77(113)98-62-20-5-17-59(86)80(62)89)124-45-54-15-9-24-111(54)27-12-30-121-72-42-66-57(39-69(72)118-3)84(96-48-93-66)102-75-33-51(105-108-75)36-78(114)99-63-21-6-18-60(87)81(63)90/h4-6,16-21,31-33,37-42,46-48,52-54H,7-15,22-30,34-36,43-45H2,1-3H3,(H,97,112)(H,98,113)(H,99,114)(H2,91,94,100,103,106)(H2,92,95,101,104,107)(H2,93,96,102,105,108)/t52-,53-,54-/m1/s1. The Morgan fingerprint density at radius 1 is 0.416 bits per heavy atom. The predicted octanol–water partition coefficient (Wildman–Crippen LogP) is 13.6. The molecule has 0 unspecified atom stereocenters. The highest BCUT2D eigenvalue weighted by Crippen LogP contribution is 2.51. The van der Waals surface area contributed by atoms with E-state index >= 15 is 4.57 Å². The van der Waals surface area contributed by atoms with Gasteiger partial charge in [0.2, 0.25) is 17.7 Å². The minimum atomic E-state index is -4.24. The van der Waals surface area contributed by atoms with Crippen molar-refractivity contribution in [3.05, 3.63) is 180 Å². The molecule has 3 amide bonds. The fourth-order valence-electron chi connectivity index (χ4n) is 15.3. The van der Waals surface area contributed by atoms with E-state index in [0.717, 1.165) is 76.4 Å². The SMILES string of the molecule is COc1cc2c(Nc3cc(CC(=O)Nc4cccc(F)c4F)[nH]n3)ncnc2cc1OCCCN1CCC[C@@H]1COP(=O)(OC[C@H]1CCCN1CCCOc1cc2ncnc(Nc3cc(CC(=O)Nc4cccc(F)c4F)[nH]n3)c2cc1OC)OC[C@H]1CCCN1CCCOc1cc2ncnc(Nc3cc(CC(=O)Nc4cccc(F)c4F)[nH]n3)c2cc1OC. The highest BCUT2D eigenvalue weighted by molar-refractivity contribution is 7.48. The number of amides is 3. The number of nitrogens with zero attached hydrogens (tertiary/aromatic N) is 12. The van der Waals surface area contributed by atoms with Gasteiger partial charge < -0.3 is 60.3 Å². The zero-order valence-electron chi connectivity index (χ0n) is 68.2. The number of carbonyl (C=O) groups is 3. The molecule has 9 N–H and O–H groups in total. The van der Waals surface area contributed by atoms with Gasteiger partial charge in [0.05, 0.1) is 114 Å². The van der Waals surface area contributed by atoms with Gasteiger partial charge in [-0.25, -0.2) is 60.8 Å². The summed E-state index contributed by atoms with van der Waals surface area (Å²) in [6.45, 7) is 5.38. The average molecular weight is 1750 g/mol. The molecule has 0 bridgehead atoms. The van der Waals surface area contributed by atoms with Crippen molar-refractivity contribution in [2.45, 2.75) is 95.2 Å². The van der Waals surface area contributed by atoms with E-state index in [1.807, 2.05) is 0 Å². The number of likely N-dealkylation sites (tertiary alicyclic amines) is 3. The van der Waals surface area contributed by atoms with Crippen LogP contribution in [0.4, 0.5) is 78.3 Å². The summed E-state index contributed by atoms with van der Waals surface area (Å²) in [6, 6.07) is 25.5. The van der Waals surface area contributed by atoms with Crippen molar-refractivity contribution in [2.24, 2.45) is 0 Å². The molecule has 15 rings (SSSR count). The van der Waals surface area contributed by atoms with Gasteiger partial charge in [-0.15, -0.1) is 0 Å². The van der Waals surface area contributed by atoms with Crippen LogP contribution in [0.5, 0.6) is 34.5 Å². The first-order valence-corrected chi connectivity index (χ1v) is 42.0. The molecule has 12 aromatic rings. The third kappa shape index (κ3) is 22.0. The number of nitrogens with one attached hydrogen (secondary N) is 9. The number of H-pyrrole nitrogens is 3. The van der Waals surface area contributed by atoms with E-state index in [2.05, 4.69) is 107 Å². The van der Waals surface area contributed by atoms with Gasteiger partial charge in [-0.1, -0.05) is 18.2 Å². The molecule has 9 heterocycles. The maximum atomic E-state index is 15.4. The Kier molecular flexibility index (Phi) is 28.3. The summed E-state index contributed by atoms with van der Waals surface area (Å²) in [5, 5.41) is 39.5. The van der Waals surface area contributed by atoms with Crippen LogP contribution >= 0.6 is 7.82 Å². The van der Waals surface area contributed by atoms with E-state index in [4.69, 9.17) is 42.0 Å². The van der Waals surface area contributed by atoms with Gasteiger partial charge in [0, 0.05) is 107 Å². The Morgan fingerprint density at radius 3 is 1.02 bits per heavy atom. The van der Waals surface area contributed by atoms with E-state index in [-0.39, 0.29) is 74.3 Å². The van der Waals surface area contributed by atoms with Crippen LogP contribution in [0.3, 0.4) is 0 Å². The molecule has 125 heavy (non-hydrogen) atoms. The summed E-state index contributed by atoms with van der Waals surface area (Å²) in [4.78, 5) is 72.0. The second-order valence-electron chi connectivity index (χ2n) is 29.9. The third-order valence-corrected chi connectivity index (χ3v) is 22.8. The van der Waals surface area contributed by atoms with Crippen molar-refractivity contribution in [3.8, 4) is 34.5 Å². The lowest BCUT2D eigenvalue weighted by molar-refractivity contribution is -0.116. The van der Waals surface area contributed by atoms with Crippen molar-refractivity contribution in [1.82, 2.24) is 75.2 Å². The molecule has 3 fully saturated rings. The van der Waals surface area contributed by atoms with E-state index in [9.17, 15) is 40.7 Å². The summed E-state index contributed by atoms with van der Waals surface area (Å²) in [5.74, 6) is -3.71. The maximum absolute atomic E-state index is 15.4. The summed E-state index contributed by atoms with van der Waals surface area (Å²) in [5.41, 5.74) is 1.96. The van der Waals surface area contributed by atoms with Gasteiger partial charge in [-0.3, -0.25) is 58.0 Å². The van der Waals surface area contributed by atoms with Gasteiger partial charge in [0.1, 0.15) is 36.4 Å². The fourth-order valence-corrected chi connectivity index (χ4v) is 16.5. The summed E-state index contributed by atoms with van der Waals surface area (Å²) >= 11 is 0. The van der Waals surface area contributed by atoms with Crippen LogP contribution in [-0.4, -0.2) is 211 Å². The number of hydrogen-bond donors (Lipinski definition) is 9. The van der Waals surface area contributed by atoms with Gasteiger partial charge in [0.25, 0.3) is 0 Å². The van der Waals surface area contributed by atoms with Crippen molar-refractivity contribution < 1.29 is 87.3 Å². The number of aromatic amines is 3. The zero-order chi connectivity index (χ0) is 86.9. The maximum Gasteiger partial charge on any atom is 0.474 e. The molecular weight excluding hydrogens is 1660 g/mol. The topological polar surface area (TPSA) is 397 Å². The smallest absolute Gasteiger partial charge is 0.474 e. The summed E-state index contributed by atoms with van der Waals surface area (Å²) < 4.78 is 155. The molecule has 34 nitrogen and oxygen atoms in total. The third-order valence-electron chi connectivity index (χ3n) is 21.4. The molecule has 6 aromatic heterocycles. The van der Waals surface area contributed by atoms with Crippen LogP contribution in [0.1, 0.15) is 74.9 Å². The molecule has 3 aliphatic rings. The largest absolute Gasteiger partial charge is 0.493 e. The Hall–Kier alpha value is -12.9. The van der Waals surface area contributed by atoms with E-state index in [1.54, 1.807) is 54.6 Å². The first-order chi connectivity index (χ1) is 60.8. The summed E-state index contributed by atoms with van der Waals surface area (Å²) in [7, 11) is 0.341. The Morgan fingerprint density at radius 2 is 0.720 bits per heavy atom. The lowest BCUT2D eigenvalue weighted by atomic mass is 10.2. The number of fused-ring (bicyclic) bond motifs is 3. The number of hydrogen-bond acceptors (Lipinski definition) is 28. The van der Waals surface area contributed by atoms with Crippen molar-refractivity contribution in [2.75, 3.05) is 132 Å². The molecule has 0 spiro atoms. The normalized spacial score (nSPS) is 15.6. The van der Waals surface area contributed by atoms with Crippen molar-refractivity contribution >= 4 is 110 Å². The molecule has 656 valence electrons. The second-order valence-corrected chi connectivity index (χ2v) is 31.5. The summed E-state index contributed by atoms with van der Waals surface area (Å²) in [6.07, 6.45) is 10.4. The van der Waals surface area contributed by atoms with Crippen LogP contribution in [0.15, 0.2) is 128 Å². The average Bonchev–Trinajstić information content (AvgIpc) is 1.72. The monoisotopic (exact) mass is 1750 g/mol. The molecule has 0 aliphatic carbocycles. The van der Waals surface area contributed by atoms with Gasteiger partial charge in [-0.05, 0) is 132 Å². The molecule has 6 aromatic carbocycles. The zero-order valence-corrected chi connectivity index (χ0v) is 69.1. The minimum Gasteiger partial charge on any atom is -0.493 e. The van der Waals surface area contributed by atoms with Crippen LogP contribution in [-0.2, 0) is 51.8 Å². The van der Waals surface area contributed by atoms with E-state index < -0.39 is 60.4 Å². The minimum absolute atomic E-state index is 0.0814. The lowest BCUT2D eigenvalue weighted by Gasteiger charge is -2.30. The quantitative estimate of drug-likeness (QED) is 0.00974. The number of rotatable bonds is 42. The van der Waals surface area contributed by atoms with Crippen molar-refractivity contribution in [3.63, 3.8) is 0 Å². The van der Waals surface area contributed by atoms with E-state index in [0.29, 0.717) is 178 Å². The Labute approximate surface area is 711 Å². The molecule has 0 radical (unpaired) electrons. The number of anilines is 9. The van der Waals surface area contributed by atoms with Crippen LogP contribution in [0, 0.1) is 34.9 Å². The van der Waals surface area contributed by atoms with Crippen LogP contribution in [0.2, 0.25) is 0 Å². The second kappa shape index (κ2) is 40.6. The molecule has 41 heteroatoms. The Bertz CT molecular complexity index is 5330. The van der Waals surface area contributed by atoms with Gasteiger partial charge >= 0.3 is 7.82 Å². The Balaban J connectivity index is 0.557. The first-order valence-electron chi connectivity index (χ1n) is 40.6. The highest BCUT2D eigenvalue weighted by atomic mass is 31.2. The first kappa shape index (κ1) is 87.1. The predicted molar refractivity (Wildman–Crippen MR) is 450 cm³/mol. The number of phosphoric acid groups is 1. The number of carbonyl (C=O) groups excluding carboxylic acids is 3. The molecule has 0 saturated carbocycles. The number of methoxy groups -OCH3 is 3. The number of aromatic nitrogens is 12. The number of ether oxygens (including phenoxy) is 6. The molecule has 3 aliphatic heterocycles. The van der Waals surface area contributed by atoms with Crippen LogP contribution < -0.4 is 60.3 Å². The number of phosphoric ester groups is 1. The molecule has 3 atom stereocenters. The number of halogens is 6. The van der Waals surface area contributed by atoms with Crippen LogP contribution in [0.25, 0.3) is 32.7 Å². The van der Waals surface area contributed by atoms with Gasteiger partial charge in [0.15, 0.2) is 86.9 Å². The number of benzene rings is 6. The van der Waals surface area contributed by atoms with Crippen molar-refractivity contribution in [1.29, 1.82) is 0 Å². The fraction of sp³-hybridized carbons (Fsp3) is 0.357. The molecular formula is C84H90F6N21O13P. The van der Waals surface area contributed by atoms with E-state index in [1.165, 1.54) is 76.7 Å².